The third-order valence-corrected chi connectivity index (χ3v) is 3.53. The first kappa shape index (κ1) is 16.4. The summed E-state index contributed by atoms with van der Waals surface area (Å²) in [4.78, 5) is 13.6. The van der Waals surface area contributed by atoms with E-state index in [4.69, 9.17) is 0 Å². The van der Waals surface area contributed by atoms with E-state index in [1.54, 1.807) is 0 Å². The van der Waals surface area contributed by atoms with E-state index >= 15 is 0 Å². The Morgan fingerprint density at radius 1 is 1.12 bits per heavy atom. The predicted molar refractivity (Wildman–Crippen MR) is 72.3 cm³/mol. The van der Waals surface area contributed by atoms with E-state index in [0.29, 0.717) is 13.0 Å². The smallest absolute Gasteiger partial charge is 0.310 e. The van der Waals surface area contributed by atoms with Gasteiger partial charge in [-0.25, -0.2) is 0 Å². The second kappa shape index (κ2) is 8.51. The summed E-state index contributed by atoms with van der Waals surface area (Å²) in [6.45, 7) is 10.9. The molecule has 0 amide bonds. The molecule has 0 aromatic carbocycles. The van der Waals surface area contributed by atoms with Crippen molar-refractivity contribution < 1.29 is 9.90 Å². The first-order valence-electron chi connectivity index (χ1n) is 6.95. The molecule has 0 heterocycles. The van der Waals surface area contributed by atoms with Crippen molar-refractivity contribution in [1.29, 1.82) is 0 Å². The van der Waals surface area contributed by atoms with Crippen molar-refractivity contribution in [1.82, 2.24) is 4.90 Å². The first-order chi connectivity index (χ1) is 8.00. The molecule has 0 aliphatic heterocycles. The van der Waals surface area contributed by atoms with Crippen LogP contribution in [-0.2, 0) is 4.79 Å². The summed E-state index contributed by atoms with van der Waals surface area (Å²) in [7, 11) is 0. The molecule has 0 rings (SSSR count). The van der Waals surface area contributed by atoms with Crippen LogP contribution in [0.5, 0.6) is 0 Å². The van der Waals surface area contributed by atoms with Crippen LogP contribution in [0.1, 0.15) is 59.8 Å². The summed E-state index contributed by atoms with van der Waals surface area (Å²) in [6, 6.07) is 0. The SMILES string of the molecule is CCCCN(CCCC)CC(C)(CC)C(=O)O. The van der Waals surface area contributed by atoms with Crippen LogP contribution in [-0.4, -0.2) is 35.6 Å². The van der Waals surface area contributed by atoms with Gasteiger partial charge in [-0.1, -0.05) is 33.6 Å². The summed E-state index contributed by atoms with van der Waals surface area (Å²) < 4.78 is 0. The standard InChI is InChI=1S/C14H29NO2/c1-5-8-10-15(11-9-6-2)12-14(4,7-3)13(16)17/h5-12H2,1-4H3,(H,16,17). The van der Waals surface area contributed by atoms with Crippen molar-refractivity contribution in [2.24, 2.45) is 5.41 Å². The fourth-order valence-corrected chi connectivity index (χ4v) is 1.86. The lowest BCUT2D eigenvalue weighted by molar-refractivity contribution is -0.149. The Hall–Kier alpha value is -0.570. The summed E-state index contributed by atoms with van der Waals surface area (Å²) in [5.41, 5.74) is -0.596. The summed E-state index contributed by atoms with van der Waals surface area (Å²) >= 11 is 0. The van der Waals surface area contributed by atoms with Gasteiger partial charge in [0.15, 0.2) is 0 Å². The monoisotopic (exact) mass is 243 g/mol. The van der Waals surface area contributed by atoms with Gasteiger partial charge in [0.05, 0.1) is 5.41 Å². The Balaban J connectivity index is 4.41. The molecule has 0 spiro atoms. The van der Waals surface area contributed by atoms with Crippen LogP contribution in [0.4, 0.5) is 0 Å². The number of aliphatic carboxylic acids is 1. The Kier molecular flexibility index (Phi) is 8.23. The summed E-state index contributed by atoms with van der Waals surface area (Å²) in [6.07, 6.45) is 5.33. The molecule has 3 heteroatoms. The van der Waals surface area contributed by atoms with Gasteiger partial charge in [-0.05, 0) is 39.3 Å². The van der Waals surface area contributed by atoms with E-state index in [9.17, 15) is 9.90 Å². The van der Waals surface area contributed by atoms with Crippen molar-refractivity contribution in [3.63, 3.8) is 0 Å². The molecular weight excluding hydrogens is 214 g/mol. The number of carboxylic acid groups (broad SMARTS) is 1. The Bertz CT molecular complexity index is 210. The Morgan fingerprint density at radius 3 is 1.88 bits per heavy atom. The highest BCUT2D eigenvalue weighted by atomic mass is 16.4. The van der Waals surface area contributed by atoms with E-state index in [0.717, 1.165) is 25.9 Å². The van der Waals surface area contributed by atoms with Crippen LogP contribution in [0, 0.1) is 5.41 Å². The number of nitrogens with zero attached hydrogens (tertiary/aromatic N) is 1. The molecule has 0 aromatic heterocycles. The minimum atomic E-state index is -0.669. The molecule has 102 valence electrons. The Morgan fingerprint density at radius 2 is 1.59 bits per heavy atom. The highest BCUT2D eigenvalue weighted by Crippen LogP contribution is 2.23. The van der Waals surface area contributed by atoms with Crippen molar-refractivity contribution in [3.8, 4) is 0 Å². The average Bonchev–Trinajstić information content (AvgIpc) is 2.32. The molecule has 17 heavy (non-hydrogen) atoms. The second-order valence-corrected chi connectivity index (χ2v) is 5.20. The third kappa shape index (κ3) is 6.06. The zero-order valence-corrected chi connectivity index (χ0v) is 12.0. The summed E-state index contributed by atoms with van der Waals surface area (Å²) in [5, 5.41) is 9.31. The number of carboxylic acids is 1. The van der Waals surface area contributed by atoms with Crippen LogP contribution in [0.25, 0.3) is 0 Å². The van der Waals surface area contributed by atoms with Crippen LogP contribution < -0.4 is 0 Å². The number of rotatable bonds is 10. The fourth-order valence-electron chi connectivity index (χ4n) is 1.86. The topological polar surface area (TPSA) is 40.5 Å². The zero-order chi connectivity index (χ0) is 13.3. The molecular formula is C14H29NO2. The zero-order valence-electron chi connectivity index (χ0n) is 12.0. The van der Waals surface area contributed by atoms with E-state index in [-0.39, 0.29) is 0 Å². The molecule has 1 N–H and O–H groups in total. The number of hydrogen-bond donors (Lipinski definition) is 1. The third-order valence-electron chi connectivity index (χ3n) is 3.53. The van der Waals surface area contributed by atoms with E-state index in [1.165, 1.54) is 12.8 Å². The van der Waals surface area contributed by atoms with Crippen LogP contribution in [0.2, 0.25) is 0 Å². The molecule has 3 nitrogen and oxygen atoms in total. The summed E-state index contributed by atoms with van der Waals surface area (Å²) in [5.74, 6) is -0.669. The highest BCUT2D eigenvalue weighted by molar-refractivity contribution is 5.74. The number of hydrogen-bond acceptors (Lipinski definition) is 2. The van der Waals surface area contributed by atoms with Crippen molar-refractivity contribution in [3.05, 3.63) is 0 Å². The van der Waals surface area contributed by atoms with Gasteiger partial charge >= 0.3 is 5.97 Å². The molecule has 0 aliphatic rings. The van der Waals surface area contributed by atoms with Gasteiger partial charge in [0, 0.05) is 6.54 Å². The molecule has 0 saturated carbocycles. The van der Waals surface area contributed by atoms with E-state index < -0.39 is 11.4 Å². The molecule has 0 radical (unpaired) electrons. The lowest BCUT2D eigenvalue weighted by atomic mass is 9.87. The molecule has 0 saturated heterocycles. The Labute approximate surface area is 106 Å². The average molecular weight is 243 g/mol. The van der Waals surface area contributed by atoms with Gasteiger partial charge in [0.25, 0.3) is 0 Å². The molecule has 0 bridgehead atoms. The van der Waals surface area contributed by atoms with Gasteiger partial charge in [0.2, 0.25) is 0 Å². The first-order valence-corrected chi connectivity index (χ1v) is 6.95. The van der Waals surface area contributed by atoms with Crippen LogP contribution in [0.3, 0.4) is 0 Å². The largest absolute Gasteiger partial charge is 0.481 e. The van der Waals surface area contributed by atoms with Crippen molar-refractivity contribution in [2.75, 3.05) is 19.6 Å². The predicted octanol–water partition coefficient (Wildman–Crippen LogP) is 3.39. The molecule has 1 unspecified atom stereocenters. The lowest BCUT2D eigenvalue weighted by Gasteiger charge is -2.31. The minimum Gasteiger partial charge on any atom is -0.481 e. The minimum absolute atomic E-state index is 0.596. The molecule has 0 aromatic rings. The van der Waals surface area contributed by atoms with Gasteiger partial charge in [0.1, 0.15) is 0 Å². The molecule has 0 fully saturated rings. The van der Waals surface area contributed by atoms with Crippen molar-refractivity contribution >= 4 is 5.97 Å². The van der Waals surface area contributed by atoms with Crippen LogP contribution in [0.15, 0.2) is 0 Å². The van der Waals surface area contributed by atoms with Gasteiger partial charge in [-0.15, -0.1) is 0 Å². The van der Waals surface area contributed by atoms with Crippen LogP contribution >= 0.6 is 0 Å². The number of unbranched alkanes of at least 4 members (excludes halogenated alkanes) is 2. The fraction of sp³-hybridized carbons (Fsp3) is 0.929. The molecule has 0 aliphatic carbocycles. The normalized spacial score (nSPS) is 14.9. The highest BCUT2D eigenvalue weighted by Gasteiger charge is 2.32. The van der Waals surface area contributed by atoms with Gasteiger partial charge in [-0.2, -0.15) is 0 Å². The van der Waals surface area contributed by atoms with Gasteiger partial charge in [-0.3, -0.25) is 4.79 Å². The quantitative estimate of drug-likeness (QED) is 0.639. The second-order valence-electron chi connectivity index (χ2n) is 5.20. The van der Waals surface area contributed by atoms with E-state index in [1.807, 2.05) is 13.8 Å². The maximum Gasteiger partial charge on any atom is 0.310 e. The number of carbonyl (C=O) groups is 1. The maximum atomic E-state index is 11.3. The lowest BCUT2D eigenvalue weighted by Crippen LogP contribution is -2.41. The van der Waals surface area contributed by atoms with Crippen molar-refractivity contribution in [2.45, 2.75) is 59.8 Å². The van der Waals surface area contributed by atoms with Gasteiger partial charge < -0.3 is 10.0 Å². The van der Waals surface area contributed by atoms with E-state index in [2.05, 4.69) is 18.7 Å². The molecule has 1 atom stereocenters. The maximum absolute atomic E-state index is 11.3.